The van der Waals surface area contributed by atoms with E-state index in [1.165, 1.54) is 110 Å². The molecule has 6 nitrogen and oxygen atoms in total. The van der Waals surface area contributed by atoms with E-state index < -0.39 is 0 Å². The summed E-state index contributed by atoms with van der Waals surface area (Å²) in [5.74, 6) is 2.17. The number of aryl methyl sites for hydroxylation is 2. The van der Waals surface area contributed by atoms with E-state index in [9.17, 15) is 0 Å². The number of unbranched alkanes of at least 4 members (excludes halogenated alkanes) is 8. The van der Waals surface area contributed by atoms with E-state index in [2.05, 4.69) is 107 Å². The Hall–Kier alpha value is -2.12. The highest BCUT2D eigenvalue weighted by atomic mass is 16.6. The lowest BCUT2D eigenvalue weighted by molar-refractivity contribution is 0.0361. The van der Waals surface area contributed by atoms with Crippen LogP contribution in [0.2, 0.25) is 0 Å². The highest BCUT2D eigenvalue weighted by molar-refractivity contribution is 5.53. The monoisotopic (exact) mass is 863 g/mol. The van der Waals surface area contributed by atoms with Gasteiger partial charge >= 0.3 is 0 Å². The maximum Gasteiger partial charge on any atom is 0.126 e. The van der Waals surface area contributed by atoms with Gasteiger partial charge in [-0.1, -0.05) is 184 Å². The van der Waals surface area contributed by atoms with Gasteiger partial charge < -0.3 is 28.4 Å². The molecular formula is C56H94O6. The van der Waals surface area contributed by atoms with Crippen molar-refractivity contribution in [1.82, 2.24) is 0 Å². The fourth-order valence-corrected chi connectivity index (χ4v) is 9.61. The zero-order chi connectivity index (χ0) is 45.6. The standard InChI is InChI=1S/C56H94O6/c1-15-19-23-29-53(5,6)43-33-41(34-44(54(7,8)30-24-20-16-2)51(43)61-37-47(57-13)49-39-59-49)27-28-42-35-45(55(9,10)31-25-21-17-3)52(62-38-48(58-14)50-40-60-50)46(36-42)56(11,12)32-26-22-18-4/h33-36,47-50H,15-32,37-40H2,1-14H3. The van der Waals surface area contributed by atoms with Gasteiger partial charge in [0.05, 0.1) is 13.2 Å². The van der Waals surface area contributed by atoms with Crippen molar-refractivity contribution in [2.75, 3.05) is 40.6 Å². The van der Waals surface area contributed by atoms with Crippen molar-refractivity contribution < 1.29 is 28.4 Å². The van der Waals surface area contributed by atoms with Gasteiger partial charge in [0, 0.05) is 36.5 Å². The maximum absolute atomic E-state index is 7.06. The van der Waals surface area contributed by atoms with Gasteiger partial charge in [-0.15, -0.1) is 0 Å². The van der Waals surface area contributed by atoms with Crippen LogP contribution in [-0.4, -0.2) is 65.1 Å². The van der Waals surface area contributed by atoms with E-state index in [-0.39, 0.29) is 46.1 Å². The molecule has 4 rings (SSSR count). The average Bonchev–Trinajstić information content (AvgIpc) is 4.17. The van der Waals surface area contributed by atoms with Gasteiger partial charge in [-0.2, -0.15) is 0 Å². The molecule has 0 spiro atoms. The minimum Gasteiger partial charge on any atom is -0.490 e. The lowest BCUT2D eigenvalue weighted by Crippen LogP contribution is -2.30. The highest BCUT2D eigenvalue weighted by Gasteiger charge is 2.38. The molecule has 2 aliphatic rings. The molecular weight excluding hydrogens is 769 g/mol. The smallest absolute Gasteiger partial charge is 0.126 e. The van der Waals surface area contributed by atoms with Crippen molar-refractivity contribution in [3.63, 3.8) is 0 Å². The zero-order valence-corrected chi connectivity index (χ0v) is 42.6. The molecule has 0 aromatic heterocycles. The first-order valence-corrected chi connectivity index (χ1v) is 25.4. The molecule has 0 aliphatic carbocycles. The molecule has 2 fully saturated rings. The molecule has 0 amide bonds. The Morgan fingerprint density at radius 1 is 0.468 bits per heavy atom. The number of epoxide rings is 2. The summed E-state index contributed by atoms with van der Waals surface area (Å²) in [4.78, 5) is 0. The summed E-state index contributed by atoms with van der Waals surface area (Å²) in [5, 5.41) is 0. The molecule has 0 saturated carbocycles. The van der Waals surface area contributed by atoms with Gasteiger partial charge in [-0.05, 0) is 71.3 Å². The number of benzene rings is 2. The largest absolute Gasteiger partial charge is 0.490 e. The second kappa shape index (κ2) is 24.4. The third kappa shape index (κ3) is 15.2. The fourth-order valence-electron chi connectivity index (χ4n) is 9.61. The number of hydrogen-bond acceptors (Lipinski definition) is 6. The van der Waals surface area contributed by atoms with Gasteiger partial charge in [0.25, 0.3) is 0 Å². The van der Waals surface area contributed by atoms with Crippen LogP contribution in [0.4, 0.5) is 0 Å². The summed E-state index contributed by atoms with van der Waals surface area (Å²) in [7, 11) is 3.58. The Labute approximate surface area is 381 Å². The van der Waals surface area contributed by atoms with E-state index in [4.69, 9.17) is 28.4 Å². The van der Waals surface area contributed by atoms with Crippen molar-refractivity contribution in [1.29, 1.82) is 0 Å². The van der Waals surface area contributed by atoms with Crippen LogP contribution in [0, 0.1) is 0 Å². The number of methoxy groups -OCH3 is 2. The normalized spacial score (nSPS) is 17.9. The van der Waals surface area contributed by atoms with Crippen LogP contribution in [0.3, 0.4) is 0 Å². The summed E-state index contributed by atoms with van der Waals surface area (Å²) < 4.78 is 37.4. The first-order chi connectivity index (χ1) is 29.5. The van der Waals surface area contributed by atoms with Gasteiger partial charge in [0.1, 0.15) is 49.1 Å². The lowest BCUT2D eigenvalue weighted by atomic mass is 9.72. The maximum atomic E-state index is 7.06. The predicted molar refractivity (Wildman–Crippen MR) is 261 cm³/mol. The summed E-state index contributed by atoms with van der Waals surface area (Å²) in [6.45, 7) is 31.3. The molecule has 62 heavy (non-hydrogen) atoms. The third-order valence-corrected chi connectivity index (χ3v) is 14.5. The number of ether oxygens (including phenoxy) is 6. The molecule has 2 aliphatic heterocycles. The Kier molecular flexibility index (Phi) is 20.7. The predicted octanol–water partition coefficient (Wildman–Crippen LogP) is 14.5. The molecule has 2 aromatic carbocycles. The molecule has 4 atom stereocenters. The average molecular weight is 863 g/mol. The second-order valence-electron chi connectivity index (χ2n) is 21.8. The van der Waals surface area contributed by atoms with E-state index in [0.717, 1.165) is 63.2 Å². The van der Waals surface area contributed by atoms with Crippen LogP contribution in [0.25, 0.3) is 0 Å². The van der Waals surface area contributed by atoms with E-state index >= 15 is 0 Å². The van der Waals surface area contributed by atoms with Crippen LogP contribution in [0.15, 0.2) is 24.3 Å². The van der Waals surface area contributed by atoms with Crippen LogP contribution in [0.5, 0.6) is 11.5 Å². The van der Waals surface area contributed by atoms with Crippen molar-refractivity contribution >= 4 is 0 Å². The SMILES string of the molecule is CCCCCC(C)(C)c1cc(CCc2cc(C(C)(C)CCCCC)c(OCC(OC)C3CO3)c(C(C)(C)CCCCC)c2)cc(C(C)(C)CCCCC)c1OCC(OC)C1CO1. The van der Waals surface area contributed by atoms with Crippen LogP contribution >= 0.6 is 0 Å². The lowest BCUT2D eigenvalue weighted by Gasteiger charge is -2.35. The van der Waals surface area contributed by atoms with E-state index in [1.54, 1.807) is 14.2 Å². The molecule has 0 N–H and O–H groups in total. The first kappa shape index (κ1) is 52.5. The molecule has 0 radical (unpaired) electrons. The Bertz CT molecular complexity index is 1410. The van der Waals surface area contributed by atoms with Crippen LogP contribution in [-0.2, 0) is 53.4 Å². The minimum absolute atomic E-state index is 0.0522. The molecule has 4 unspecified atom stereocenters. The molecule has 2 aromatic rings. The third-order valence-electron chi connectivity index (χ3n) is 14.5. The molecule has 0 bridgehead atoms. The van der Waals surface area contributed by atoms with Crippen molar-refractivity contribution in [3.05, 3.63) is 57.6 Å². The molecule has 6 heteroatoms. The summed E-state index contributed by atoms with van der Waals surface area (Å²) in [6.07, 6.45) is 21.2. The highest BCUT2D eigenvalue weighted by Crippen LogP contribution is 2.47. The topological polar surface area (TPSA) is 62.0 Å². The fraction of sp³-hybridized carbons (Fsp3) is 0.786. The zero-order valence-electron chi connectivity index (χ0n) is 42.6. The molecule has 2 heterocycles. The van der Waals surface area contributed by atoms with Crippen LogP contribution in [0.1, 0.15) is 219 Å². The van der Waals surface area contributed by atoms with Gasteiger partial charge in [-0.3, -0.25) is 0 Å². The summed E-state index contributed by atoms with van der Waals surface area (Å²) in [5.41, 5.74) is 8.00. The van der Waals surface area contributed by atoms with Gasteiger partial charge in [0.15, 0.2) is 0 Å². The summed E-state index contributed by atoms with van der Waals surface area (Å²) >= 11 is 0. The van der Waals surface area contributed by atoms with Crippen molar-refractivity contribution in [2.45, 2.75) is 245 Å². The van der Waals surface area contributed by atoms with Crippen molar-refractivity contribution in [2.24, 2.45) is 0 Å². The number of hydrogen-bond donors (Lipinski definition) is 0. The van der Waals surface area contributed by atoms with Gasteiger partial charge in [0.2, 0.25) is 0 Å². The van der Waals surface area contributed by atoms with Crippen LogP contribution < -0.4 is 9.47 Å². The molecule has 354 valence electrons. The number of rotatable bonds is 33. The van der Waals surface area contributed by atoms with E-state index in [0.29, 0.717) is 13.2 Å². The first-order valence-electron chi connectivity index (χ1n) is 25.4. The second-order valence-corrected chi connectivity index (χ2v) is 21.8. The Balaban J connectivity index is 1.86. The molecule has 2 saturated heterocycles. The minimum atomic E-state index is -0.0722. The Morgan fingerprint density at radius 3 is 0.935 bits per heavy atom. The quantitative estimate of drug-likeness (QED) is 0.0526. The van der Waals surface area contributed by atoms with Crippen molar-refractivity contribution in [3.8, 4) is 11.5 Å². The Morgan fingerprint density at radius 2 is 0.726 bits per heavy atom. The van der Waals surface area contributed by atoms with E-state index in [1.807, 2.05) is 0 Å². The summed E-state index contributed by atoms with van der Waals surface area (Å²) in [6, 6.07) is 10.1. The van der Waals surface area contributed by atoms with Gasteiger partial charge in [-0.25, -0.2) is 0 Å².